The number of aryl methyl sites for hydroxylation is 1. The molecule has 1 aliphatic rings. The molecular weight excluding hydrogens is 477 g/mol. The number of nitrogens with zero attached hydrogens (tertiary/aromatic N) is 2. The summed E-state index contributed by atoms with van der Waals surface area (Å²) in [6, 6.07) is 22.5. The lowest BCUT2D eigenvalue weighted by molar-refractivity contribution is 0.0984. The minimum absolute atomic E-state index is 0.0666. The van der Waals surface area contributed by atoms with E-state index < -0.39 is 5.82 Å². The Balaban J connectivity index is 1.43. The van der Waals surface area contributed by atoms with Gasteiger partial charge >= 0.3 is 0 Å². The molecule has 7 heteroatoms. The molecule has 1 heterocycles. The zero-order valence-corrected chi connectivity index (χ0v) is 21.7. The van der Waals surface area contributed by atoms with Crippen molar-refractivity contribution in [2.75, 3.05) is 6.54 Å². The standard InChI is InChI=1S/C31H34FN5O/c1-20-13-29(37(36-20)27-4-2-3-23(14-27)18-34)30(38)16-26-15-25(11-12-28(26)32)31(35-19-22-5-6-22)24-9-7-21(17-33)8-10-24/h2-4,7-15,22,31,35H,5-6,16-19,33-34H2,1H3. The molecule has 0 bridgehead atoms. The summed E-state index contributed by atoms with van der Waals surface area (Å²) in [5, 5.41) is 8.20. The minimum Gasteiger partial charge on any atom is -0.326 e. The molecule has 1 fully saturated rings. The molecule has 3 aromatic carbocycles. The van der Waals surface area contributed by atoms with Crippen LogP contribution in [-0.2, 0) is 19.5 Å². The largest absolute Gasteiger partial charge is 0.326 e. The molecule has 1 atom stereocenters. The fraction of sp³-hybridized carbons (Fsp3) is 0.290. The molecule has 1 aromatic heterocycles. The van der Waals surface area contributed by atoms with E-state index in [4.69, 9.17) is 11.5 Å². The van der Waals surface area contributed by atoms with Crippen LogP contribution >= 0.6 is 0 Å². The molecule has 1 aliphatic carbocycles. The fourth-order valence-electron chi connectivity index (χ4n) is 4.76. The Kier molecular flexibility index (Phi) is 7.79. The van der Waals surface area contributed by atoms with Crippen molar-refractivity contribution in [3.63, 3.8) is 0 Å². The van der Waals surface area contributed by atoms with E-state index in [1.165, 1.54) is 18.9 Å². The van der Waals surface area contributed by atoms with Gasteiger partial charge in [0.1, 0.15) is 11.5 Å². The van der Waals surface area contributed by atoms with Crippen molar-refractivity contribution in [2.45, 2.75) is 45.3 Å². The van der Waals surface area contributed by atoms with Crippen LogP contribution in [0.2, 0.25) is 0 Å². The molecule has 0 radical (unpaired) electrons. The van der Waals surface area contributed by atoms with Gasteiger partial charge in [0.15, 0.2) is 5.78 Å². The van der Waals surface area contributed by atoms with Crippen LogP contribution < -0.4 is 16.8 Å². The quantitative estimate of drug-likeness (QED) is 0.252. The highest BCUT2D eigenvalue weighted by atomic mass is 19.1. The third kappa shape index (κ3) is 5.91. The highest BCUT2D eigenvalue weighted by Gasteiger charge is 2.24. The molecule has 1 saturated carbocycles. The van der Waals surface area contributed by atoms with Crippen molar-refractivity contribution in [2.24, 2.45) is 17.4 Å². The fourth-order valence-corrected chi connectivity index (χ4v) is 4.76. The van der Waals surface area contributed by atoms with E-state index in [0.717, 1.165) is 34.5 Å². The topological polar surface area (TPSA) is 99.0 Å². The maximum Gasteiger partial charge on any atom is 0.185 e. The molecule has 38 heavy (non-hydrogen) atoms. The van der Waals surface area contributed by atoms with Crippen LogP contribution in [0, 0.1) is 18.7 Å². The van der Waals surface area contributed by atoms with Gasteiger partial charge in [-0.25, -0.2) is 9.07 Å². The lowest BCUT2D eigenvalue weighted by Gasteiger charge is -2.21. The molecule has 1 unspecified atom stereocenters. The monoisotopic (exact) mass is 511 g/mol. The normalized spacial score (nSPS) is 14.0. The Morgan fingerprint density at radius 1 is 1.00 bits per heavy atom. The lowest BCUT2D eigenvalue weighted by Crippen LogP contribution is -2.25. The van der Waals surface area contributed by atoms with Gasteiger partial charge in [-0.2, -0.15) is 5.10 Å². The molecule has 6 nitrogen and oxygen atoms in total. The molecular formula is C31H34FN5O. The van der Waals surface area contributed by atoms with Crippen molar-refractivity contribution in [1.82, 2.24) is 15.1 Å². The van der Waals surface area contributed by atoms with Gasteiger partial charge in [-0.05, 0) is 84.3 Å². The number of rotatable bonds is 11. The minimum atomic E-state index is -0.394. The number of halogens is 1. The van der Waals surface area contributed by atoms with E-state index in [1.54, 1.807) is 16.8 Å². The molecule has 0 spiro atoms. The van der Waals surface area contributed by atoms with Gasteiger partial charge < -0.3 is 16.8 Å². The van der Waals surface area contributed by atoms with Crippen LogP contribution in [0.15, 0.2) is 72.8 Å². The zero-order chi connectivity index (χ0) is 26.6. The maximum atomic E-state index is 15.0. The predicted octanol–water partition coefficient (Wildman–Crippen LogP) is 4.75. The summed E-state index contributed by atoms with van der Waals surface area (Å²) in [7, 11) is 0. The van der Waals surface area contributed by atoms with Crippen LogP contribution in [0.3, 0.4) is 0 Å². The average Bonchev–Trinajstić information content (AvgIpc) is 3.69. The number of benzene rings is 3. The van der Waals surface area contributed by atoms with Crippen LogP contribution in [0.5, 0.6) is 0 Å². The van der Waals surface area contributed by atoms with E-state index in [1.807, 2.05) is 49.4 Å². The Bertz CT molecular complexity index is 1420. The van der Waals surface area contributed by atoms with Crippen molar-refractivity contribution in [3.8, 4) is 5.69 Å². The molecule has 5 rings (SSSR count). The number of carbonyl (C=O) groups excluding carboxylic acids is 1. The van der Waals surface area contributed by atoms with Crippen molar-refractivity contribution < 1.29 is 9.18 Å². The number of Topliss-reactive ketones (excluding diaryl/α,β-unsaturated/α-hetero) is 1. The Morgan fingerprint density at radius 3 is 2.45 bits per heavy atom. The second-order valence-electron chi connectivity index (χ2n) is 10.1. The van der Waals surface area contributed by atoms with Gasteiger partial charge in [0.2, 0.25) is 0 Å². The third-order valence-corrected chi connectivity index (χ3v) is 7.12. The molecule has 5 N–H and O–H groups in total. The SMILES string of the molecule is Cc1cc(C(=O)Cc2cc(C(NCC3CC3)c3ccc(CN)cc3)ccc2F)n(-c2cccc(CN)c2)n1. The van der Waals surface area contributed by atoms with Gasteiger partial charge in [-0.1, -0.05) is 48.5 Å². The van der Waals surface area contributed by atoms with Crippen molar-refractivity contribution >= 4 is 5.78 Å². The third-order valence-electron chi connectivity index (χ3n) is 7.12. The Hall–Kier alpha value is -3.65. The van der Waals surface area contributed by atoms with E-state index in [-0.39, 0.29) is 18.2 Å². The average molecular weight is 512 g/mol. The Morgan fingerprint density at radius 2 is 1.74 bits per heavy atom. The summed E-state index contributed by atoms with van der Waals surface area (Å²) in [6.45, 7) is 3.61. The first-order valence-corrected chi connectivity index (χ1v) is 13.1. The lowest BCUT2D eigenvalue weighted by atomic mass is 9.94. The van der Waals surface area contributed by atoms with Gasteiger partial charge in [0.25, 0.3) is 0 Å². The van der Waals surface area contributed by atoms with Crippen LogP contribution in [0.4, 0.5) is 4.39 Å². The first-order valence-electron chi connectivity index (χ1n) is 13.1. The number of aromatic nitrogens is 2. The second kappa shape index (κ2) is 11.4. The van der Waals surface area contributed by atoms with Gasteiger partial charge in [0.05, 0.1) is 17.4 Å². The van der Waals surface area contributed by atoms with E-state index in [9.17, 15) is 4.79 Å². The van der Waals surface area contributed by atoms with E-state index in [2.05, 4.69) is 22.5 Å². The summed E-state index contributed by atoms with van der Waals surface area (Å²) in [6.07, 6.45) is 2.40. The summed E-state index contributed by atoms with van der Waals surface area (Å²) in [5.41, 5.74) is 17.9. The number of carbonyl (C=O) groups is 1. The van der Waals surface area contributed by atoms with Gasteiger partial charge in [0, 0.05) is 19.5 Å². The summed E-state index contributed by atoms with van der Waals surface area (Å²) >= 11 is 0. The van der Waals surface area contributed by atoms with Crippen molar-refractivity contribution in [3.05, 3.63) is 118 Å². The molecule has 4 aromatic rings. The highest BCUT2D eigenvalue weighted by molar-refractivity contribution is 5.96. The number of ketones is 1. The van der Waals surface area contributed by atoms with Crippen molar-refractivity contribution in [1.29, 1.82) is 0 Å². The number of hydrogen-bond donors (Lipinski definition) is 3. The second-order valence-corrected chi connectivity index (χ2v) is 10.1. The molecule has 0 saturated heterocycles. The highest BCUT2D eigenvalue weighted by Crippen LogP contribution is 2.31. The predicted molar refractivity (Wildman–Crippen MR) is 148 cm³/mol. The van der Waals surface area contributed by atoms with Crippen LogP contribution in [-0.4, -0.2) is 22.1 Å². The van der Waals surface area contributed by atoms with Crippen LogP contribution in [0.25, 0.3) is 5.69 Å². The van der Waals surface area contributed by atoms with E-state index >= 15 is 4.39 Å². The smallest absolute Gasteiger partial charge is 0.185 e. The number of nitrogens with two attached hydrogens (primary N) is 2. The summed E-state index contributed by atoms with van der Waals surface area (Å²) in [4.78, 5) is 13.5. The first kappa shape index (κ1) is 26.0. The molecule has 0 amide bonds. The summed E-state index contributed by atoms with van der Waals surface area (Å²) in [5.74, 6) is 0.0904. The number of hydrogen-bond acceptors (Lipinski definition) is 5. The Labute approximate surface area is 222 Å². The summed E-state index contributed by atoms with van der Waals surface area (Å²) < 4.78 is 16.7. The molecule has 0 aliphatic heterocycles. The zero-order valence-electron chi connectivity index (χ0n) is 21.7. The first-order chi connectivity index (χ1) is 18.4. The van der Waals surface area contributed by atoms with Gasteiger partial charge in [-0.15, -0.1) is 0 Å². The van der Waals surface area contributed by atoms with Gasteiger partial charge in [-0.3, -0.25) is 4.79 Å². The number of nitrogens with one attached hydrogen (secondary N) is 1. The van der Waals surface area contributed by atoms with E-state index in [0.29, 0.717) is 36.0 Å². The molecule has 196 valence electrons. The maximum absolute atomic E-state index is 15.0. The van der Waals surface area contributed by atoms with Crippen LogP contribution in [0.1, 0.15) is 62.9 Å².